The van der Waals surface area contributed by atoms with E-state index < -0.39 is 0 Å². The highest BCUT2D eigenvalue weighted by Gasteiger charge is 2.16. The maximum atomic E-state index is 11.9. The van der Waals surface area contributed by atoms with E-state index in [4.69, 9.17) is 16.3 Å². The fraction of sp³-hybridized carbons (Fsp3) is 0.222. The summed E-state index contributed by atoms with van der Waals surface area (Å²) in [6, 6.07) is 11.2. The number of esters is 1. The molecule has 0 aliphatic carbocycles. The van der Waals surface area contributed by atoms with Crippen LogP contribution in [0.25, 0.3) is 5.65 Å². The Balaban J connectivity index is 2.01. The van der Waals surface area contributed by atoms with E-state index in [0.717, 1.165) is 5.56 Å². The van der Waals surface area contributed by atoms with Gasteiger partial charge in [0, 0.05) is 6.20 Å². The van der Waals surface area contributed by atoms with E-state index in [-0.39, 0.29) is 12.4 Å². The zero-order valence-electron chi connectivity index (χ0n) is 13.9. The van der Waals surface area contributed by atoms with Crippen LogP contribution in [0, 0.1) is 6.92 Å². The highest BCUT2D eigenvalue weighted by molar-refractivity contribution is 6.30. The van der Waals surface area contributed by atoms with E-state index >= 15 is 0 Å². The average molecular weight is 357 g/mol. The molecule has 0 fully saturated rings. The summed E-state index contributed by atoms with van der Waals surface area (Å²) in [5, 5.41) is 9.10. The van der Waals surface area contributed by atoms with Crippen LogP contribution in [-0.2, 0) is 16.0 Å². The van der Waals surface area contributed by atoms with Crippen molar-refractivity contribution in [3.05, 3.63) is 58.9 Å². The standard InChI is InChI=1S/C18H17ClN4O2/c1-3-25-17(24)10-15-18(22-21-14-7-4-12(2)5-8-14)23-11-13(19)6-9-16(23)20-15/h4-9,11H,3,10H2,1-2H3. The lowest BCUT2D eigenvalue weighted by Gasteiger charge is -2.01. The molecule has 0 spiro atoms. The summed E-state index contributed by atoms with van der Waals surface area (Å²) < 4.78 is 6.73. The normalized spacial score (nSPS) is 11.3. The molecule has 0 unspecified atom stereocenters. The first-order valence-electron chi connectivity index (χ1n) is 7.87. The summed E-state index contributed by atoms with van der Waals surface area (Å²) in [5.41, 5.74) is 2.99. The van der Waals surface area contributed by atoms with Crippen molar-refractivity contribution in [2.24, 2.45) is 10.2 Å². The van der Waals surface area contributed by atoms with Crippen LogP contribution in [0.1, 0.15) is 18.2 Å². The number of carbonyl (C=O) groups is 1. The summed E-state index contributed by atoms with van der Waals surface area (Å²) >= 11 is 6.08. The second-order valence-electron chi connectivity index (χ2n) is 5.47. The minimum absolute atomic E-state index is 0.0232. The number of fused-ring (bicyclic) bond motifs is 1. The van der Waals surface area contributed by atoms with Crippen molar-refractivity contribution in [1.82, 2.24) is 9.38 Å². The summed E-state index contributed by atoms with van der Waals surface area (Å²) in [6.07, 6.45) is 1.72. The van der Waals surface area contributed by atoms with Crippen molar-refractivity contribution in [2.45, 2.75) is 20.3 Å². The van der Waals surface area contributed by atoms with Gasteiger partial charge < -0.3 is 4.74 Å². The van der Waals surface area contributed by atoms with Crippen molar-refractivity contribution in [3.8, 4) is 0 Å². The number of hydrogen-bond donors (Lipinski definition) is 0. The predicted octanol–water partition coefficient (Wildman–Crippen LogP) is 4.82. The topological polar surface area (TPSA) is 68.3 Å². The van der Waals surface area contributed by atoms with Gasteiger partial charge >= 0.3 is 5.97 Å². The number of ether oxygens (including phenoxy) is 1. The van der Waals surface area contributed by atoms with Crippen LogP contribution < -0.4 is 0 Å². The zero-order valence-corrected chi connectivity index (χ0v) is 14.7. The lowest BCUT2D eigenvalue weighted by Crippen LogP contribution is -2.07. The molecule has 0 aliphatic rings. The molecule has 0 N–H and O–H groups in total. The molecule has 0 radical (unpaired) electrons. The highest BCUT2D eigenvalue weighted by atomic mass is 35.5. The maximum absolute atomic E-state index is 11.9. The van der Waals surface area contributed by atoms with Gasteiger partial charge in [0.1, 0.15) is 5.65 Å². The van der Waals surface area contributed by atoms with Crippen LogP contribution in [0.5, 0.6) is 0 Å². The number of benzene rings is 1. The van der Waals surface area contributed by atoms with E-state index in [0.29, 0.717) is 34.5 Å². The number of pyridine rings is 1. The maximum Gasteiger partial charge on any atom is 0.312 e. The summed E-state index contributed by atoms with van der Waals surface area (Å²) in [4.78, 5) is 16.3. The molecule has 0 atom stereocenters. The molecule has 0 bridgehead atoms. The molecule has 2 heterocycles. The minimum atomic E-state index is -0.358. The number of nitrogens with zero attached hydrogens (tertiary/aromatic N) is 4. The third-order valence-electron chi connectivity index (χ3n) is 3.54. The number of aromatic nitrogens is 2. The Morgan fingerprint density at radius 1 is 1.20 bits per heavy atom. The Kier molecular flexibility index (Phi) is 5.09. The predicted molar refractivity (Wildman–Crippen MR) is 95.9 cm³/mol. The lowest BCUT2D eigenvalue weighted by atomic mass is 10.2. The first kappa shape index (κ1) is 17.1. The third kappa shape index (κ3) is 4.03. The van der Waals surface area contributed by atoms with Crippen LogP contribution in [-0.4, -0.2) is 22.0 Å². The van der Waals surface area contributed by atoms with Gasteiger partial charge in [-0.25, -0.2) is 4.98 Å². The SMILES string of the molecule is CCOC(=O)Cc1nc2ccc(Cl)cn2c1N=Nc1ccc(C)cc1. The van der Waals surface area contributed by atoms with Crippen LogP contribution in [0.4, 0.5) is 11.5 Å². The average Bonchev–Trinajstić information content (AvgIpc) is 2.91. The zero-order chi connectivity index (χ0) is 17.8. The van der Waals surface area contributed by atoms with E-state index in [1.807, 2.05) is 31.2 Å². The first-order chi connectivity index (χ1) is 12.1. The number of halogens is 1. The Morgan fingerprint density at radius 3 is 2.68 bits per heavy atom. The fourth-order valence-electron chi connectivity index (χ4n) is 2.34. The van der Waals surface area contributed by atoms with E-state index in [1.165, 1.54) is 0 Å². The molecule has 2 aromatic heterocycles. The molecule has 0 aliphatic heterocycles. The molecule has 3 aromatic rings. The van der Waals surface area contributed by atoms with Gasteiger partial charge in [-0.3, -0.25) is 9.20 Å². The quantitative estimate of drug-likeness (QED) is 0.486. The molecular weight excluding hydrogens is 340 g/mol. The van der Waals surface area contributed by atoms with Gasteiger partial charge in [-0.15, -0.1) is 10.2 Å². The van der Waals surface area contributed by atoms with Crippen LogP contribution in [0.3, 0.4) is 0 Å². The minimum Gasteiger partial charge on any atom is -0.466 e. The molecule has 0 saturated carbocycles. The van der Waals surface area contributed by atoms with Gasteiger partial charge in [-0.05, 0) is 38.1 Å². The largest absolute Gasteiger partial charge is 0.466 e. The number of azo groups is 1. The monoisotopic (exact) mass is 356 g/mol. The van der Waals surface area contributed by atoms with Gasteiger partial charge in [0.25, 0.3) is 0 Å². The second kappa shape index (κ2) is 7.44. The molecule has 0 amide bonds. The van der Waals surface area contributed by atoms with Crippen LogP contribution >= 0.6 is 11.6 Å². The molecular formula is C18H17ClN4O2. The Bertz CT molecular complexity index is 932. The Hall–Kier alpha value is -2.73. The van der Waals surface area contributed by atoms with Gasteiger partial charge in [0.2, 0.25) is 0 Å². The van der Waals surface area contributed by atoms with Gasteiger partial charge in [0.15, 0.2) is 5.82 Å². The second-order valence-corrected chi connectivity index (χ2v) is 5.91. The molecule has 0 saturated heterocycles. The van der Waals surface area contributed by atoms with E-state index in [2.05, 4.69) is 15.2 Å². The summed E-state index contributed by atoms with van der Waals surface area (Å²) in [5.74, 6) is 0.106. The van der Waals surface area contributed by atoms with Crippen molar-refractivity contribution in [2.75, 3.05) is 6.61 Å². The number of aryl methyl sites for hydroxylation is 1. The number of carbonyl (C=O) groups excluding carboxylic acids is 1. The molecule has 128 valence electrons. The van der Waals surface area contributed by atoms with E-state index in [9.17, 15) is 4.79 Å². The van der Waals surface area contributed by atoms with Crippen molar-refractivity contribution in [3.63, 3.8) is 0 Å². The number of imidazole rings is 1. The highest BCUT2D eigenvalue weighted by Crippen LogP contribution is 2.26. The van der Waals surface area contributed by atoms with Gasteiger partial charge in [-0.2, -0.15) is 0 Å². The molecule has 25 heavy (non-hydrogen) atoms. The molecule has 6 nitrogen and oxygen atoms in total. The third-order valence-corrected chi connectivity index (χ3v) is 3.76. The van der Waals surface area contributed by atoms with Crippen LogP contribution in [0.15, 0.2) is 52.8 Å². The van der Waals surface area contributed by atoms with Gasteiger partial charge in [0.05, 0.1) is 29.4 Å². The van der Waals surface area contributed by atoms with Crippen molar-refractivity contribution in [1.29, 1.82) is 0 Å². The van der Waals surface area contributed by atoms with Gasteiger partial charge in [-0.1, -0.05) is 29.3 Å². The summed E-state index contributed by atoms with van der Waals surface area (Å²) in [6.45, 7) is 4.09. The van der Waals surface area contributed by atoms with Crippen LogP contribution in [0.2, 0.25) is 5.02 Å². The smallest absolute Gasteiger partial charge is 0.312 e. The number of hydrogen-bond acceptors (Lipinski definition) is 5. The molecule has 3 rings (SSSR count). The number of rotatable bonds is 5. The Labute approximate surface area is 150 Å². The van der Waals surface area contributed by atoms with E-state index in [1.54, 1.807) is 29.7 Å². The fourth-order valence-corrected chi connectivity index (χ4v) is 2.51. The molecule has 7 heteroatoms. The first-order valence-corrected chi connectivity index (χ1v) is 8.25. The lowest BCUT2D eigenvalue weighted by molar-refractivity contribution is -0.142. The molecule has 1 aromatic carbocycles. The van der Waals surface area contributed by atoms with Crippen molar-refractivity contribution < 1.29 is 9.53 Å². The van der Waals surface area contributed by atoms with Crippen molar-refractivity contribution >= 4 is 34.7 Å². The Morgan fingerprint density at radius 2 is 1.96 bits per heavy atom. The summed E-state index contributed by atoms with van der Waals surface area (Å²) in [7, 11) is 0.